The van der Waals surface area contributed by atoms with Crippen LogP contribution in [0.25, 0.3) is 21.7 Å². The van der Waals surface area contributed by atoms with Crippen molar-refractivity contribution in [2.45, 2.75) is 24.8 Å². The van der Waals surface area contributed by atoms with Gasteiger partial charge in [0, 0.05) is 30.7 Å². The Morgan fingerprint density at radius 2 is 1.59 bits per heavy atom. The zero-order valence-corrected chi connectivity index (χ0v) is 22.2. The van der Waals surface area contributed by atoms with Gasteiger partial charge in [0.1, 0.15) is 10.7 Å². The Morgan fingerprint density at radius 1 is 0.919 bits per heavy atom. The molecule has 0 saturated heterocycles. The normalized spacial score (nSPS) is 15.4. The van der Waals surface area contributed by atoms with E-state index < -0.39 is 9.84 Å². The first kappa shape index (κ1) is 24.9. The molecule has 4 aromatic rings. The molecule has 0 aliphatic carbocycles. The fourth-order valence-corrected chi connectivity index (χ4v) is 6.03. The van der Waals surface area contributed by atoms with Crippen molar-refractivity contribution in [2.75, 3.05) is 22.6 Å². The Morgan fingerprint density at radius 3 is 2.24 bits per heavy atom. The van der Waals surface area contributed by atoms with Crippen LogP contribution in [0, 0.1) is 0 Å². The van der Waals surface area contributed by atoms with Gasteiger partial charge in [0.15, 0.2) is 9.84 Å². The Hall–Kier alpha value is -3.82. The lowest BCUT2D eigenvalue weighted by Crippen LogP contribution is -2.51. The molecule has 5 rings (SSSR count). The number of carbonyl (C=O) groups is 2. The predicted octanol–water partition coefficient (Wildman–Crippen LogP) is 5.28. The largest absolute Gasteiger partial charge is 0.306 e. The number of rotatable bonds is 4. The molecule has 188 valence electrons. The molecule has 0 fully saturated rings. The lowest BCUT2D eigenvalue weighted by molar-refractivity contribution is -0.117. The Balaban J connectivity index is 1.56. The fraction of sp³-hybridized carbons (Fsp3) is 0.179. The zero-order chi connectivity index (χ0) is 26.3. The van der Waals surface area contributed by atoms with E-state index in [9.17, 15) is 18.0 Å². The molecule has 1 aromatic heterocycles. The van der Waals surface area contributed by atoms with Crippen molar-refractivity contribution in [1.29, 1.82) is 0 Å². The Kier molecular flexibility index (Phi) is 6.43. The summed E-state index contributed by atoms with van der Waals surface area (Å²) in [5, 5.41) is 2.53. The third-order valence-electron chi connectivity index (χ3n) is 6.36. The van der Waals surface area contributed by atoms with Gasteiger partial charge in [-0.2, -0.15) is 0 Å². The Labute approximate surface area is 219 Å². The van der Waals surface area contributed by atoms with Crippen molar-refractivity contribution in [1.82, 2.24) is 4.98 Å². The van der Waals surface area contributed by atoms with E-state index in [1.54, 1.807) is 39.4 Å². The SMILES string of the molecule is CC(=O)N1c2ccc(-c3ccc(S(C)(=O)=O)cc3)cc2N(C(=O)c2csc(-c3ccccc3)n2)C[C@@H]1C. The molecule has 0 spiro atoms. The standard InChI is InChI=1S/C28H25N3O4S2/c1-18-16-30(28(33)24-17-36-27(29-24)21-7-5-4-6-8-21)26-15-22(11-14-25(26)31(18)19(2)32)20-9-12-23(13-10-20)37(3,34)35/h4-15,17-18H,16H2,1-3H3/t18-/m0/s1. The average molecular weight is 532 g/mol. The molecule has 9 heteroatoms. The predicted molar refractivity (Wildman–Crippen MR) is 147 cm³/mol. The van der Waals surface area contributed by atoms with Gasteiger partial charge < -0.3 is 9.80 Å². The second kappa shape index (κ2) is 9.57. The third kappa shape index (κ3) is 4.80. The maximum Gasteiger partial charge on any atom is 0.277 e. The van der Waals surface area contributed by atoms with Crippen LogP contribution in [-0.2, 0) is 14.6 Å². The summed E-state index contributed by atoms with van der Waals surface area (Å²) in [4.78, 5) is 34.5. The smallest absolute Gasteiger partial charge is 0.277 e. The summed E-state index contributed by atoms with van der Waals surface area (Å²) in [6.07, 6.45) is 1.17. The number of nitrogens with zero attached hydrogens (tertiary/aromatic N) is 3. The number of thiazole rings is 1. The van der Waals surface area contributed by atoms with Crippen LogP contribution in [0.3, 0.4) is 0 Å². The second-order valence-electron chi connectivity index (χ2n) is 9.06. The van der Waals surface area contributed by atoms with Gasteiger partial charge in [-0.25, -0.2) is 13.4 Å². The molecule has 0 radical (unpaired) electrons. The fourth-order valence-electron chi connectivity index (χ4n) is 4.59. The molecule has 2 amide bonds. The number of hydrogen-bond acceptors (Lipinski definition) is 6. The topological polar surface area (TPSA) is 87.7 Å². The minimum atomic E-state index is -3.31. The zero-order valence-electron chi connectivity index (χ0n) is 20.6. The number of anilines is 2. The second-order valence-corrected chi connectivity index (χ2v) is 11.9. The van der Waals surface area contributed by atoms with E-state index in [-0.39, 0.29) is 22.8 Å². The van der Waals surface area contributed by atoms with E-state index in [0.29, 0.717) is 23.6 Å². The van der Waals surface area contributed by atoms with E-state index in [1.165, 1.54) is 24.5 Å². The summed E-state index contributed by atoms with van der Waals surface area (Å²) < 4.78 is 23.7. The number of hydrogen-bond donors (Lipinski definition) is 0. The minimum absolute atomic E-state index is 0.105. The van der Waals surface area contributed by atoms with Crippen molar-refractivity contribution in [3.63, 3.8) is 0 Å². The molecule has 0 N–H and O–H groups in total. The molecule has 1 atom stereocenters. The molecule has 1 aliphatic heterocycles. The van der Waals surface area contributed by atoms with E-state index >= 15 is 0 Å². The van der Waals surface area contributed by atoms with Crippen molar-refractivity contribution in [3.05, 3.63) is 83.9 Å². The average Bonchev–Trinajstić information content (AvgIpc) is 3.38. The summed E-state index contributed by atoms with van der Waals surface area (Å²) in [6.45, 7) is 3.75. The minimum Gasteiger partial charge on any atom is -0.306 e. The van der Waals surface area contributed by atoms with Gasteiger partial charge in [-0.3, -0.25) is 9.59 Å². The molecule has 7 nitrogen and oxygen atoms in total. The van der Waals surface area contributed by atoms with Crippen LogP contribution in [0.1, 0.15) is 24.3 Å². The van der Waals surface area contributed by atoms with Crippen LogP contribution in [0.5, 0.6) is 0 Å². The summed E-state index contributed by atoms with van der Waals surface area (Å²) in [6, 6.07) is 21.7. The molecule has 0 unspecified atom stereocenters. The van der Waals surface area contributed by atoms with Crippen LogP contribution < -0.4 is 9.80 Å². The molecule has 1 aliphatic rings. The highest BCUT2D eigenvalue weighted by Gasteiger charge is 2.35. The van der Waals surface area contributed by atoms with Crippen LogP contribution in [0.2, 0.25) is 0 Å². The number of carbonyl (C=O) groups excluding carboxylic acids is 2. The molecule has 0 saturated carbocycles. The highest BCUT2D eigenvalue weighted by Crippen LogP contribution is 2.40. The highest BCUT2D eigenvalue weighted by atomic mass is 32.2. The van der Waals surface area contributed by atoms with Crippen LogP contribution >= 0.6 is 11.3 Å². The van der Waals surface area contributed by atoms with Crippen LogP contribution in [-0.4, -0.2) is 44.1 Å². The van der Waals surface area contributed by atoms with Gasteiger partial charge in [-0.05, 0) is 42.3 Å². The first-order valence-electron chi connectivity index (χ1n) is 11.7. The maximum absolute atomic E-state index is 13.7. The maximum atomic E-state index is 13.7. The lowest BCUT2D eigenvalue weighted by Gasteiger charge is -2.40. The van der Waals surface area contributed by atoms with Crippen LogP contribution in [0.4, 0.5) is 11.4 Å². The van der Waals surface area contributed by atoms with E-state index in [2.05, 4.69) is 4.98 Å². The molecule has 0 bridgehead atoms. The third-order valence-corrected chi connectivity index (χ3v) is 8.38. The first-order valence-corrected chi connectivity index (χ1v) is 14.5. The van der Waals surface area contributed by atoms with Crippen molar-refractivity contribution >= 4 is 44.4 Å². The summed E-state index contributed by atoms with van der Waals surface area (Å²) in [7, 11) is -3.31. The Bertz CT molecular complexity index is 1600. The monoisotopic (exact) mass is 531 g/mol. The summed E-state index contributed by atoms with van der Waals surface area (Å²) in [5.41, 5.74) is 4.16. The number of sulfone groups is 1. The molecule has 3 aromatic carbocycles. The summed E-state index contributed by atoms with van der Waals surface area (Å²) in [5.74, 6) is -0.342. The van der Waals surface area contributed by atoms with E-state index in [4.69, 9.17) is 0 Å². The molecular formula is C28H25N3O4S2. The summed E-state index contributed by atoms with van der Waals surface area (Å²) >= 11 is 1.41. The first-order chi connectivity index (χ1) is 17.6. The van der Waals surface area contributed by atoms with Crippen molar-refractivity contribution in [2.24, 2.45) is 0 Å². The quantitative estimate of drug-likeness (QED) is 0.357. The van der Waals surface area contributed by atoms with Crippen LogP contribution in [0.15, 0.2) is 83.1 Å². The number of benzene rings is 3. The van der Waals surface area contributed by atoms with Gasteiger partial charge >= 0.3 is 0 Å². The van der Waals surface area contributed by atoms with E-state index in [0.717, 1.165) is 21.7 Å². The lowest BCUT2D eigenvalue weighted by atomic mass is 10.0. The number of aromatic nitrogens is 1. The van der Waals surface area contributed by atoms with Crippen molar-refractivity contribution in [3.8, 4) is 21.7 Å². The highest BCUT2D eigenvalue weighted by molar-refractivity contribution is 7.90. The van der Waals surface area contributed by atoms with Gasteiger partial charge in [0.25, 0.3) is 5.91 Å². The van der Waals surface area contributed by atoms with Gasteiger partial charge in [-0.1, -0.05) is 48.5 Å². The van der Waals surface area contributed by atoms with Gasteiger partial charge in [0.2, 0.25) is 5.91 Å². The molecule has 2 heterocycles. The van der Waals surface area contributed by atoms with E-state index in [1.807, 2.05) is 55.5 Å². The van der Waals surface area contributed by atoms with Gasteiger partial charge in [-0.15, -0.1) is 11.3 Å². The molecule has 37 heavy (non-hydrogen) atoms. The number of amides is 2. The van der Waals surface area contributed by atoms with Gasteiger partial charge in [0.05, 0.1) is 22.3 Å². The van der Waals surface area contributed by atoms with Crippen molar-refractivity contribution < 1.29 is 18.0 Å². The number of fused-ring (bicyclic) bond motifs is 1. The molecular weight excluding hydrogens is 506 g/mol.